The van der Waals surface area contributed by atoms with Crippen molar-refractivity contribution in [1.82, 2.24) is 4.98 Å². The zero-order chi connectivity index (χ0) is 18.4. The maximum absolute atomic E-state index is 12.2. The number of aromatic amines is 1. The topological polar surface area (TPSA) is 68.4 Å². The highest BCUT2D eigenvalue weighted by Gasteiger charge is 2.14. The van der Waals surface area contributed by atoms with Crippen LogP contribution in [0.15, 0.2) is 54.7 Å². The van der Waals surface area contributed by atoms with Crippen LogP contribution >= 0.6 is 0 Å². The first-order valence-electron chi connectivity index (χ1n) is 8.56. The number of hydrogen-bond donors (Lipinski definition) is 1. The average Bonchev–Trinajstić information content (AvgIpc) is 3.09. The molecular weight excluding hydrogens is 330 g/mol. The molecule has 5 nitrogen and oxygen atoms in total. The first-order valence-corrected chi connectivity index (χ1v) is 8.56. The number of aromatic nitrogens is 1. The molecule has 0 unspecified atom stereocenters. The van der Waals surface area contributed by atoms with Gasteiger partial charge < -0.3 is 14.5 Å². The molecule has 0 aliphatic carbocycles. The van der Waals surface area contributed by atoms with Crippen LogP contribution in [0.4, 0.5) is 0 Å². The van der Waals surface area contributed by atoms with Gasteiger partial charge >= 0.3 is 5.97 Å². The number of rotatable bonds is 8. The largest absolute Gasteiger partial charge is 0.496 e. The molecule has 1 aromatic heterocycles. The van der Waals surface area contributed by atoms with E-state index in [9.17, 15) is 9.59 Å². The molecule has 3 aromatic rings. The minimum Gasteiger partial charge on any atom is -0.496 e. The number of para-hydroxylation sites is 2. The molecule has 0 aliphatic heterocycles. The Kier molecular flexibility index (Phi) is 5.69. The quantitative estimate of drug-likeness (QED) is 0.493. The molecule has 5 heteroatoms. The number of carbonyl (C=O) groups excluding carboxylic acids is 2. The number of benzene rings is 2. The Bertz CT molecular complexity index is 913. The zero-order valence-electron chi connectivity index (χ0n) is 14.7. The number of carbonyl (C=O) groups is 2. The minimum absolute atomic E-state index is 0.271. The summed E-state index contributed by atoms with van der Waals surface area (Å²) < 4.78 is 10.3. The molecule has 2 aromatic carbocycles. The minimum atomic E-state index is -0.368. The standard InChI is InChI=1S/C21H21NO4/c1-25-20-11-5-3-9-17(20)19(23)14-26-21(24)12-6-7-15-13-22-18-10-4-2-8-16(15)18/h2-5,8-11,13,22H,6-7,12,14H2,1H3. The summed E-state index contributed by atoms with van der Waals surface area (Å²) in [4.78, 5) is 27.3. The number of fused-ring (bicyclic) bond motifs is 1. The lowest BCUT2D eigenvalue weighted by Gasteiger charge is -2.08. The highest BCUT2D eigenvalue weighted by atomic mass is 16.5. The third-order valence-electron chi connectivity index (χ3n) is 4.27. The number of esters is 1. The summed E-state index contributed by atoms with van der Waals surface area (Å²) in [6.07, 6.45) is 3.70. The molecule has 0 atom stereocenters. The Morgan fingerprint density at radius 2 is 1.81 bits per heavy atom. The normalized spacial score (nSPS) is 10.7. The summed E-state index contributed by atoms with van der Waals surface area (Å²) in [6.45, 7) is -0.272. The van der Waals surface area contributed by atoms with Crippen molar-refractivity contribution in [3.05, 3.63) is 65.9 Å². The van der Waals surface area contributed by atoms with Crippen LogP contribution in [0.3, 0.4) is 0 Å². The van der Waals surface area contributed by atoms with Gasteiger partial charge in [0.15, 0.2) is 6.61 Å². The van der Waals surface area contributed by atoms with Gasteiger partial charge in [-0.05, 0) is 36.6 Å². The number of ketones is 1. The van der Waals surface area contributed by atoms with Gasteiger partial charge in [0.1, 0.15) is 5.75 Å². The van der Waals surface area contributed by atoms with Gasteiger partial charge in [-0.25, -0.2) is 0 Å². The first kappa shape index (κ1) is 17.7. The maximum atomic E-state index is 12.2. The van der Waals surface area contributed by atoms with E-state index in [-0.39, 0.29) is 24.8 Å². The molecule has 1 heterocycles. The summed E-state index contributed by atoms with van der Waals surface area (Å²) in [5.41, 5.74) is 2.69. The average molecular weight is 351 g/mol. The number of Topliss-reactive ketones (excluding diaryl/α,β-unsaturated/α-hetero) is 1. The zero-order valence-corrected chi connectivity index (χ0v) is 14.7. The molecule has 0 aliphatic rings. The van der Waals surface area contributed by atoms with Crippen molar-refractivity contribution in [3.8, 4) is 5.75 Å². The molecule has 26 heavy (non-hydrogen) atoms. The molecule has 0 fully saturated rings. The Balaban J connectivity index is 1.46. The van der Waals surface area contributed by atoms with E-state index in [2.05, 4.69) is 11.1 Å². The van der Waals surface area contributed by atoms with Gasteiger partial charge in [0.05, 0.1) is 12.7 Å². The van der Waals surface area contributed by atoms with Crippen molar-refractivity contribution in [2.24, 2.45) is 0 Å². The van der Waals surface area contributed by atoms with E-state index in [4.69, 9.17) is 9.47 Å². The highest BCUT2D eigenvalue weighted by molar-refractivity contribution is 6.00. The van der Waals surface area contributed by atoms with Gasteiger partial charge in [-0.15, -0.1) is 0 Å². The van der Waals surface area contributed by atoms with Crippen molar-refractivity contribution < 1.29 is 19.1 Å². The summed E-state index contributed by atoms with van der Waals surface area (Å²) in [5.74, 6) is -0.159. The van der Waals surface area contributed by atoms with Gasteiger partial charge in [0, 0.05) is 23.5 Å². The van der Waals surface area contributed by atoms with Crippen LogP contribution in [0.25, 0.3) is 10.9 Å². The predicted octanol–water partition coefficient (Wildman–Crippen LogP) is 3.93. The van der Waals surface area contributed by atoms with Crippen molar-refractivity contribution in [2.75, 3.05) is 13.7 Å². The maximum Gasteiger partial charge on any atom is 0.306 e. The van der Waals surface area contributed by atoms with E-state index in [1.165, 1.54) is 18.1 Å². The molecular formula is C21H21NO4. The van der Waals surface area contributed by atoms with E-state index in [0.29, 0.717) is 17.7 Å². The number of ether oxygens (including phenoxy) is 2. The van der Waals surface area contributed by atoms with Gasteiger partial charge in [-0.3, -0.25) is 9.59 Å². The van der Waals surface area contributed by atoms with Gasteiger partial charge in [-0.1, -0.05) is 30.3 Å². The smallest absolute Gasteiger partial charge is 0.306 e. The van der Waals surface area contributed by atoms with Gasteiger partial charge in [-0.2, -0.15) is 0 Å². The summed E-state index contributed by atoms with van der Waals surface area (Å²) in [5, 5.41) is 1.17. The second-order valence-corrected chi connectivity index (χ2v) is 6.00. The SMILES string of the molecule is COc1ccccc1C(=O)COC(=O)CCCc1c[nH]c2ccccc12. The number of H-pyrrole nitrogens is 1. The third kappa shape index (κ3) is 4.11. The van der Waals surface area contributed by atoms with Crippen LogP contribution < -0.4 is 4.74 Å². The molecule has 3 rings (SSSR count). The third-order valence-corrected chi connectivity index (χ3v) is 4.27. The molecule has 134 valence electrons. The molecule has 0 amide bonds. The van der Waals surface area contributed by atoms with Crippen LogP contribution in [-0.2, 0) is 16.0 Å². The van der Waals surface area contributed by atoms with Crippen LogP contribution in [0.5, 0.6) is 5.75 Å². The Morgan fingerprint density at radius 1 is 1.04 bits per heavy atom. The van der Waals surface area contributed by atoms with E-state index in [0.717, 1.165) is 11.9 Å². The van der Waals surface area contributed by atoms with E-state index >= 15 is 0 Å². The van der Waals surface area contributed by atoms with Crippen LogP contribution in [0, 0.1) is 0 Å². The first-order chi connectivity index (χ1) is 12.7. The lowest BCUT2D eigenvalue weighted by molar-refractivity contribution is -0.142. The molecule has 0 saturated heterocycles. The Hall–Kier alpha value is -3.08. The summed E-state index contributed by atoms with van der Waals surface area (Å²) in [6, 6.07) is 15.0. The highest BCUT2D eigenvalue weighted by Crippen LogP contribution is 2.20. The molecule has 0 radical (unpaired) electrons. The van der Waals surface area contributed by atoms with Gasteiger partial charge in [0.25, 0.3) is 0 Å². The van der Waals surface area contributed by atoms with Crippen molar-refractivity contribution >= 4 is 22.7 Å². The number of hydrogen-bond acceptors (Lipinski definition) is 4. The fourth-order valence-corrected chi connectivity index (χ4v) is 2.93. The second-order valence-electron chi connectivity index (χ2n) is 6.00. The summed E-state index contributed by atoms with van der Waals surface area (Å²) in [7, 11) is 1.50. The van der Waals surface area contributed by atoms with E-state index in [1.807, 2.05) is 24.4 Å². The van der Waals surface area contributed by atoms with Crippen molar-refractivity contribution in [1.29, 1.82) is 0 Å². The number of methoxy groups -OCH3 is 1. The molecule has 0 bridgehead atoms. The van der Waals surface area contributed by atoms with Crippen molar-refractivity contribution in [2.45, 2.75) is 19.3 Å². The fraction of sp³-hybridized carbons (Fsp3) is 0.238. The fourth-order valence-electron chi connectivity index (χ4n) is 2.93. The molecule has 1 N–H and O–H groups in total. The Morgan fingerprint density at radius 3 is 2.65 bits per heavy atom. The van der Waals surface area contributed by atoms with E-state index < -0.39 is 0 Å². The van der Waals surface area contributed by atoms with Crippen LogP contribution in [0.1, 0.15) is 28.8 Å². The predicted molar refractivity (Wildman–Crippen MR) is 99.5 cm³/mol. The second kappa shape index (κ2) is 8.34. The van der Waals surface area contributed by atoms with Crippen LogP contribution in [0.2, 0.25) is 0 Å². The number of nitrogens with one attached hydrogen (secondary N) is 1. The molecule has 0 saturated carbocycles. The monoisotopic (exact) mass is 351 g/mol. The Labute approximate surface area is 151 Å². The van der Waals surface area contributed by atoms with Crippen LogP contribution in [-0.4, -0.2) is 30.5 Å². The van der Waals surface area contributed by atoms with Crippen molar-refractivity contribution in [3.63, 3.8) is 0 Å². The molecule has 0 spiro atoms. The lowest BCUT2D eigenvalue weighted by atomic mass is 10.1. The summed E-state index contributed by atoms with van der Waals surface area (Å²) >= 11 is 0. The lowest BCUT2D eigenvalue weighted by Crippen LogP contribution is -2.14. The number of aryl methyl sites for hydroxylation is 1. The van der Waals surface area contributed by atoms with E-state index in [1.54, 1.807) is 24.3 Å². The van der Waals surface area contributed by atoms with Gasteiger partial charge in [0.2, 0.25) is 5.78 Å².